The van der Waals surface area contributed by atoms with Gasteiger partial charge in [-0.2, -0.15) is 0 Å². The summed E-state index contributed by atoms with van der Waals surface area (Å²) in [5.74, 6) is 0.0121. The molecule has 3 aliphatic heterocycles. The van der Waals surface area contributed by atoms with Crippen LogP contribution in [0.15, 0.2) is 93.6 Å². The Labute approximate surface area is 277 Å². The first kappa shape index (κ1) is 31.5. The number of benzene rings is 3. The maximum absolute atomic E-state index is 14.0. The molecule has 0 amide bonds. The molecule has 6 nitrogen and oxygen atoms in total. The first-order chi connectivity index (χ1) is 21.7. The van der Waals surface area contributed by atoms with Crippen molar-refractivity contribution in [3.05, 3.63) is 110 Å². The minimum atomic E-state index is -0.932. The lowest BCUT2D eigenvalue weighted by Crippen LogP contribution is -2.42. The zero-order valence-corrected chi connectivity index (χ0v) is 28.3. The minimum Gasteiger partial charge on any atom is -0.494 e. The second kappa shape index (κ2) is 12.7. The van der Waals surface area contributed by atoms with Crippen LogP contribution in [0, 0.1) is 0 Å². The van der Waals surface area contributed by atoms with Gasteiger partial charge in [-0.1, -0.05) is 95.9 Å². The van der Waals surface area contributed by atoms with Crippen LogP contribution >= 0.6 is 35.3 Å². The SMILES string of the molecule is CCOC(=O)C1=C(c2ccccc2)S[C@]2(S1)C(c1ccccc1)=C(C(=O)OCC)SC1=C2c2ccc(OCC)cc2NC1(C)C. The fourth-order valence-electron chi connectivity index (χ4n) is 5.84. The molecule has 3 aliphatic rings. The minimum absolute atomic E-state index is 0.246. The normalized spacial score (nSPS) is 20.0. The third-order valence-electron chi connectivity index (χ3n) is 7.62. The second-order valence-electron chi connectivity index (χ2n) is 11.1. The van der Waals surface area contributed by atoms with Gasteiger partial charge in [0.15, 0.2) is 0 Å². The van der Waals surface area contributed by atoms with Crippen LogP contribution in [0.1, 0.15) is 51.3 Å². The molecule has 9 heteroatoms. The maximum atomic E-state index is 14.0. The molecule has 3 heterocycles. The maximum Gasteiger partial charge on any atom is 0.345 e. The highest BCUT2D eigenvalue weighted by Crippen LogP contribution is 2.73. The monoisotopic (exact) mass is 657 g/mol. The molecule has 3 aromatic rings. The van der Waals surface area contributed by atoms with Crippen molar-refractivity contribution < 1.29 is 23.8 Å². The number of rotatable bonds is 8. The average molecular weight is 658 g/mol. The number of anilines is 1. The summed E-state index contributed by atoms with van der Waals surface area (Å²) in [6, 6.07) is 26.0. The summed E-state index contributed by atoms with van der Waals surface area (Å²) in [6.07, 6.45) is 0. The van der Waals surface area contributed by atoms with Gasteiger partial charge in [-0.05, 0) is 57.9 Å². The zero-order chi connectivity index (χ0) is 31.8. The number of esters is 2. The van der Waals surface area contributed by atoms with Gasteiger partial charge in [0.25, 0.3) is 0 Å². The smallest absolute Gasteiger partial charge is 0.345 e. The van der Waals surface area contributed by atoms with Crippen LogP contribution < -0.4 is 10.1 Å². The van der Waals surface area contributed by atoms with Gasteiger partial charge in [0.1, 0.15) is 19.6 Å². The van der Waals surface area contributed by atoms with E-state index >= 15 is 0 Å². The first-order valence-electron chi connectivity index (χ1n) is 15.0. The lowest BCUT2D eigenvalue weighted by Gasteiger charge is -2.47. The summed E-state index contributed by atoms with van der Waals surface area (Å²) < 4.78 is 16.4. The van der Waals surface area contributed by atoms with Gasteiger partial charge in [0.2, 0.25) is 0 Å². The number of carbonyl (C=O) groups excluding carboxylic acids is 2. The van der Waals surface area contributed by atoms with Crippen molar-refractivity contribution in [2.24, 2.45) is 0 Å². The van der Waals surface area contributed by atoms with Crippen molar-refractivity contribution in [2.75, 3.05) is 25.1 Å². The number of hydrogen-bond acceptors (Lipinski definition) is 9. The number of nitrogens with one attached hydrogen (secondary N) is 1. The summed E-state index contributed by atoms with van der Waals surface area (Å²) in [4.78, 5) is 30.6. The highest BCUT2D eigenvalue weighted by Gasteiger charge is 2.57. The Bertz CT molecular complexity index is 1750. The van der Waals surface area contributed by atoms with E-state index in [1.54, 1.807) is 11.8 Å². The molecule has 1 N–H and O–H groups in total. The van der Waals surface area contributed by atoms with E-state index in [1.165, 1.54) is 23.5 Å². The van der Waals surface area contributed by atoms with Crippen molar-refractivity contribution >= 4 is 69.0 Å². The second-order valence-corrected chi connectivity index (χ2v) is 14.8. The molecule has 0 fully saturated rings. The van der Waals surface area contributed by atoms with Crippen LogP contribution in [0.2, 0.25) is 0 Å². The fourth-order valence-corrected chi connectivity index (χ4v) is 11.0. The van der Waals surface area contributed by atoms with Crippen LogP contribution in [-0.2, 0) is 19.1 Å². The van der Waals surface area contributed by atoms with Crippen LogP contribution in [-0.4, -0.2) is 41.4 Å². The van der Waals surface area contributed by atoms with Crippen LogP contribution in [0.3, 0.4) is 0 Å². The van der Waals surface area contributed by atoms with E-state index in [9.17, 15) is 9.59 Å². The van der Waals surface area contributed by atoms with Gasteiger partial charge in [-0.3, -0.25) is 0 Å². The summed E-state index contributed by atoms with van der Waals surface area (Å²) >= 11 is 4.52. The number of fused-ring (bicyclic) bond motifs is 3. The molecule has 0 aliphatic carbocycles. The molecule has 232 valence electrons. The lowest BCUT2D eigenvalue weighted by atomic mass is 9.83. The summed E-state index contributed by atoms with van der Waals surface area (Å²) in [6.45, 7) is 10.9. The van der Waals surface area contributed by atoms with E-state index in [-0.39, 0.29) is 25.2 Å². The standard InChI is InChI=1S/C36H35NO5S3/c1-6-40-24-19-20-25-26(21-24)37-35(4,5)32-28(25)36(27(22-15-11-9-12-16-22)30(43-32)33(38)41-7-2)44-29(23-17-13-10-14-18-23)31(45-36)34(39)42-8-3/h9-21,37H,6-8H2,1-5H3/t36-/m0/s1. The highest BCUT2D eigenvalue weighted by molar-refractivity contribution is 8.29. The van der Waals surface area contributed by atoms with E-state index in [1.807, 2.05) is 93.6 Å². The predicted octanol–water partition coefficient (Wildman–Crippen LogP) is 8.83. The molecular weight excluding hydrogens is 623 g/mol. The van der Waals surface area contributed by atoms with E-state index in [4.69, 9.17) is 14.2 Å². The number of ether oxygens (including phenoxy) is 3. The Kier molecular flexibility index (Phi) is 8.87. The van der Waals surface area contributed by atoms with Crippen LogP contribution in [0.25, 0.3) is 16.1 Å². The van der Waals surface area contributed by atoms with Crippen molar-refractivity contribution in [2.45, 2.75) is 44.2 Å². The molecule has 0 radical (unpaired) electrons. The molecule has 45 heavy (non-hydrogen) atoms. The topological polar surface area (TPSA) is 73.9 Å². The molecule has 0 bridgehead atoms. The molecule has 0 saturated carbocycles. The summed E-state index contributed by atoms with van der Waals surface area (Å²) in [7, 11) is 0. The summed E-state index contributed by atoms with van der Waals surface area (Å²) in [5, 5.41) is 3.73. The molecule has 3 aromatic carbocycles. The molecule has 0 aromatic heterocycles. The van der Waals surface area contributed by atoms with Crippen molar-refractivity contribution in [3.8, 4) is 5.75 Å². The molecule has 0 saturated heterocycles. The fraction of sp³-hybridized carbons (Fsp3) is 0.278. The summed E-state index contributed by atoms with van der Waals surface area (Å²) in [5.41, 5.74) is 5.03. The Morgan fingerprint density at radius 3 is 1.98 bits per heavy atom. The third-order valence-corrected chi connectivity index (χ3v) is 12.4. The number of hydrogen-bond donors (Lipinski definition) is 1. The third kappa shape index (κ3) is 5.59. The largest absolute Gasteiger partial charge is 0.494 e. The molecule has 1 atom stereocenters. The van der Waals surface area contributed by atoms with Crippen molar-refractivity contribution in [3.63, 3.8) is 0 Å². The molecule has 1 spiro atoms. The molecule has 0 unspecified atom stereocenters. The Morgan fingerprint density at radius 2 is 1.36 bits per heavy atom. The van der Waals surface area contributed by atoms with Crippen LogP contribution in [0.5, 0.6) is 5.75 Å². The predicted molar refractivity (Wildman–Crippen MR) is 188 cm³/mol. The quantitative estimate of drug-likeness (QED) is 0.239. The van der Waals surface area contributed by atoms with Gasteiger partial charge in [0.05, 0.1) is 25.4 Å². The first-order valence-corrected chi connectivity index (χ1v) is 17.5. The van der Waals surface area contributed by atoms with Crippen LogP contribution in [0.4, 0.5) is 5.69 Å². The Morgan fingerprint density at radius 1 is 0.733 bits per heavy atom. The van der Waals surface area contributed by atoms with Gasteiger partial charge in [0, 0.05) is 38.3 Å². The number of carbonyl (C=O) groups is 2. The highest BCUT2D eigenvalue weighted by atomic mass is 32.2. The van der Waals surface area contributed by atoms with Crippen molar-refractivity contribution in [1.82, 2.24) is 0 Å². The Hall–Kier alpha value is -3.53. The van der Waals surface area contributed by atoms with E-state index in [0.29, 0.717) is 16.4 Å². The van der Waals surface area contributed by atoms with E-state index < -0.39 is 9.62 Å². The average Bonchev–Trinajstić information content (AvgIpc) is 3.42. The zero-order valence-electron chi connectivity index (χ0n) is 25.9. The van der Waals surface area contributed by atoms with E-state index in [0.717, 1.165) is 49.1 Å². The van der Waals surface area contributed by atoms with Crippen molar-refractivity contribution in [1.29, 1.82) is 0 Å². The van der Waals surface area contributed by atoms with Gasteiger partial charge in [-0.15, -0.1) is 0 Å². The number of thioether (sulfide) groups is 3. The lowest BCUT2D eigenvalue weighted by molar-refractivity contribution is -0.138. The molecule has 6 rings (SSSR count). The van der Waals surface area contributed by atoms with Gasteiger partial charge in [-0.25, -0.2) is 9.59 Å². The van der Waals surface area contributed by atoms with E-state index in [2.05, 4.69) is 25.2 Å². The Balaban J connectivity index is 1.69. The molecular formula is C36H35NO5S3. The van der Waals surface area contributed by atoms with Gasteiger partial charge >= 0.3 is 11.9 Å². The van der Waals surface area contributed by atoms with Gasteiger partial charge < -0.3 is 19.5 Å².